The third-order valence-corrected chi connectivity index (χ3v) is 8.30. The molecule has 1 amide bonds. The van der Waals surface area contributed by atoms with Crippen LogP contribution in [0.5, 0.6) is 0 Å². The van der Waals surface area contributed by atoms with Gasteiger partial charge in [0, 0.05) is 11.3 Å². The number of hydrogen-bond acceptors (Lipinski definition) is 4. The molecule has 2 unspecified atom stereocenters. The van der Waals surface area contributed by atoms with Gasteiger partial charge in [0.15, 0.2) is 5.78 Å². The van der Waals surface area contributed by atoms with Crippen LogP contribution in [-0.4, -0.2) is 16.9 Å². The minimum absolute atomic E-state index is 0.0823. The average molecular weight is 454 g/mol. The van der Waals surface area contributed by atoms with Crippen LogP contribution in [0, 0.1) is 0 Å². The summed E-state index contributed by atoms with van der Waals surface area (Å²) >= 11 is 9.05. The molecular weight excluding hydrogens is 434 g/mol. The number of carbonyl (C=O) groups is 2. The van der Waals surface area contributed by atoms with Crippen LogP contribution in [0.4, 0.5) is 0 Å². The van der Waals surface area contributed by atoms with Crippen LogP contribution in [0.3, 0.4) is 0 Å². The SMILES string of the molecule is O=C1CC(c2ccc(C3CC3)cc2)(c2ccsc2)NC(=O)C1Sc1ccccc1Cl. The van der Waals surface area contributed by atoms with Gasteiger partial charge in [-0.3, -0.25) is 9.59 Å². The number of carbonyl (C=O) groups excluding carboxylic acids is 2. The van der Waals surface area contributed by atoms with Gasteiger partial charge in [-0.15, -0.1) is 11.8 Å². The Morgan fingerprint density at radius 2 is 1.77 bits per heavy atom. The van der Waals surface area contributed by atoms with E-state index in [0.29, 0.717) is 10.9 Å². The van der Waals surface area contributed by atoms with E-state index in [1.807, 2.05) is 35.0 Å². The summed E-state index contributed by atoms with van der Waals surface area (Å²) in [6, 6.07) is 17.7. The molecule has 0 bridgehead atoms. The number of Topliss-reactive ketones (excluding diaryl/α,β-unsaturated/α-hetero) is 1. The van der Waals surface area contributed by atoms with Crippen molar-refractivity contribution >= 4 is 46.4 Å². The number of amides is 1. The Hall–Kier alpha value is -2.08. The van der Waals surface area contributed by atoms with E-state index in [-0.39, 0.29) is 18.1 Å². The maximum absolute atomic E-state index is 13.3. The molecule has 1 saturated heterocycles. The van der Waals surface area contributed by atoms with Crippen molar-refractivity contribution < 1.29 is 9.59 Å². The van der Waals surface area contributed by atoms with E-state index in [2.05, 4.69) is 29.6 Å². The second-order valence-corrected chi connectivity index (χ2v) is 10.2. The van der Waals surface area contributed by atoms with E-state index >= 15 is 0 Å². The number of hydrogen-bond donors (Lipinski definition) is 1. The molecule has 5 rings (SSSR count). The number of nitrogens with one attached hydrogen (secondary N) is 1. The van der Waals surface area contributed by atoms with E-state index in [0.717, 1.165) is 16.0 Å². The summed E-state index contributed by atoms with van der Waals surface area (Å²) in [4.78, 5) is 27.2. The highest BCUT2D eigenvalue weighted by atomic mass is 35.5. The number of halogens is 1. The molecule has 3 aromatic rings. The van der Waals surface area contributed by atoms with Crippen molar-refractivity contribution in [1.82, 2.24) is 5.32 Å². The van der Waals surface area contributed by atoms with Crippen molar-refractivity contribution in [1.29, 1.82) is 0 Å². The van der Waals surface area contributed by atoms with Gasteiger partial charge in [0.1, 0.15) is 5.25 Å². The fraction of sp³-hybridized carbons (Fsp3) is 0.250. The Bertz CT molecular complexity index is 1070. The minimum atomic E-state index is -0.826. The van der Waals surface area contributed by atoms with Crippen LogP contribution in [0.25, 0.3) is 0 Å². The van der Waals surface area contributed by atoms with E-state index in [9.17, 15) is 9.59 Å². The van der Waals surface area contributed by atoms with Crippen molar-refractivity contribution in [3.05, 3.63) is 87.1 Å². The zero-order valence-electron chi connectivity index (χ0n) is 16.1. The molecule has 30 heavy (non-hydrogen) atoms. The largest absolute Gasteiger partial charge is 0.341 e. The van der Waals surface area contributed by atoms with E-state index in [1.54, 1.807) is 17.4 Å². The van der Waals surface area contributed by atoms with Crippen molar-refractivity contribution in [2.75, 3.05) is 0 Å². The summed E-state index contributed by atoms with van der Waals surface area (Å²) in [6.45, 7) is 0. The molecule has 2 atom stereocenters. The maximum Gasteiger partial charge on any atom is 0.242 e. The van der Waals surface area contributed by atoms with Crippen LogP contribution in [-0.2, 0) is 15.1 Å². The van der Waals surface area contributed by atoms with E-state index in [4.69, 9.17) is 11.6 Å². The lowest BCUT2D eigenvalue weighted by atomic mass is 9.77. The second-order valence-electron chi connectivity index (χ2n) is 7.87. The third kappa shape index (κ3) is 3.59. The molecule has 2 aromatic carbocycles. The number of piperidine rings is 1. The summed E-state index contributed by atoms with van der Waals surface area (Å²) in [6.07, 6.45) is 2.71. The lowest BCUT2D eigenvalue weighted by molar-refractivity contribution is -0.132. The number of thiophene rings is 1. The van der Waals surface area contributed by atoms with Gasteiger partial charge in [-0.25, -0.2) is 0 Å². The van der Waals surface area contributed by atoms with Crippen molar-refractivity contribution in [2.45, 2.75) is 40.9 Å². The zero-order chi connectivity index (χ0) is 20.7. The van der Waals surface area contributed by atoms with Gasteiger partial charge >= 0.3 is 0 Å². The van der Waals surface area contributed by atoms with E-state index in [1.165, 1.54) is 30.2 Å². The molecule has 0 spiro atoms. The molecule has 2 heterocycles. The molecule has 2 aliphatic rings. The Kier molecular flexibility index (Phi) is 5.21. The lowest BCUT2D eigenvalue weighted by Gasteiger charge is -2.40. The summed E-state index contributed by atoms with van der Waals surface area (Å²) in [7, 11) is 0. The third-order valence-electron chi connectivity index (χ3n) is 5.85. The first-order valence-electron chi connectivity index (χ1n) is 9.96. The Labute approximate surface area is 188 Å². The Morgan fingerprint density at radius 1 is 1.00 bits per heavy atom. The first kappa shape index (κ1) is 19.9. The monoisotopic (exact) mass is 453 g/mol. The van der Waals surface area contributed by atoms with Gasteiger partial charge < -0.3 is 5.32 Å². The fourth-order valence-corrected chi connectivity index (χ4v) is 6.06. The molecule has 1 aliphatic carbocycles. The van der Waals surface area contributed by atoms with Gasteiger partial charge in [0.2, 0.25) is 5.91 Å². The van der Waals surface area contributed by atoms with Gasteiger partial charge in [-0.2, -0.15) is 11.3 Å². The molecule has 3 nitrogen and oxygen atoms in total. The van der Waals surface area contributed by atoms with Crippen molar-refractivity contribution in [3.63, 3.8) is 0 Å². The molecule has 2 fully saturated rings. The van der Waals surface area contributed by atoms with Gasteiger partial charge in [-0.05, 0) is 64.4 Å². The van der Waals surface area contributed by atoms with Crippen LogP contribution in [0.1, 0.15) is 41.9 Å². The normalized spacial score (nSPS) is 24.0. The van der Waals surface area contributed by atoms with Crippen LogP contribution in [0.15, 0.2) is 70.3 Å². The van der Waals surface area contributed by atoms with Gasteiger partial charge in [0.05, 0.1) is 10.6 Å². The predicted octanol–water partition coefficient (Wildman–Crippen LogP) is 5.77. The first-order valence-corrected chi connectivity index (χ1v) is 12.2. The Balaban J connectivity index is 1.48. The summed E-state index contributed by atoms with van der Waals surface area (Å²) in [5, 5.41) is 6.96. The van der Waals surface area contributed by atoms with E-state index < -0.39 is 10.8 Å². The number of thioether (sulfide) groups is 1. The molecular formula is C24H20ClNO2S2. The predicted molar refractivity (Wildman–Crippen MR) is 122 cm³/mol. The number of ketones is 1. The van der Waals surface area contributed by atoms with Gasteiger partial charge in [0.25, 0.3) is 0 Å². The summed E-state index contributed by atoms with van der Waals surface area (Å²) < 4.78 is 0. The first-order chi connectivity index (χ1) is 14.6. The quantitative estimate of drug-likeness (QED) is 0.498. The van der Waals surface area contributed by atoms with Crippen molar-refractivity contribution in [3.8, 4) is 0 Å². The standard InChI is InChI=1S/C24H20ClNO2S2/c25-19-3-1-2-4-21(19)30-22-20(27)13-24(26-23(22)28,18-11-12-29-14-18)17-9-7-16(8-10-17)15-5-6-15/h1-4,7-12,14-15,22H,5-6,13H2,(H,26,28). The number of benzene rings is 2. The highest BCUT2D eigenvalue weighted by Crippen LogP contribution is 2.44. The number of rotatable bonds is 5. The second kappa shape index (κ2) is 7.88. The maximum atomic E-state index is 13.3. The molecule has 152 valence electrons. The lowest BCUT2D eigenvalue weighted by Crippen LogP contribution is -2.57. The van der Waals surface area contributed by atoms with Crippen LogP contribution < -0.4 is 5.32 Å². The molecule has 1 N–H and O–H groups in total. The molecule has 0 radical (unpaired) electrons. The topological polar surface area (TPSA) is 46.2 Å². The Morgan fingerprint density at radius 3 is 2.40 bits per heavy atom. The van der Waals surface area contributed by atoms with Gasteiger partial charge in [-0.1, -0.05) is 48.0 Å². The highest BCUT2D eigenvalue weighted by molar-refractivity contribution is 8.01. The molecule has 1 saturated carbocycles. The van der Waals surface area contributed by atoms with Crippen LogP contribution in [0.2, 0.25) is 5.02 Å². The van der Waals surface area contributed by atoms with Crippen LogP contribution >= 0.6 is 34.7 Å². The summed E-state index contributed by atoms with van der Waals surface area (Å²) in [5.74, 6) is 0.310. The van der Waals surface area contributed by atoms with Crippen molar-refractivity contribution in [2.24, 2.45) is 0 Å². The smallest absolute Gasteiger partial charge is 0.242 e. The molecule has 1 aromatic heterocycles. The summed E-state index contributed by atoms with van der Waals surface area (Å²) in [5.41, 5.74) is 2.41. The molecule has 6 heteroatoms. The highest BCUT2D eigenvalue weighted by Gasteiger charge is 2.47. The average Bonchev–Trinajstić information content (AvgIpc) is 3.45. The molecule has 1 aliphatic heterocycles. The zero-order valence-corrected chi connectivity index (χ0v) is 18.5. The fourth-order valence-electron chi connectivity index (χ4n) is 4.09. The minimum Gasteiger partial charge on any atom is -0.341 e.